The van der Waals surface area contributed by atoms with Crippen LogP contribution >= 0.6 is 11.8 Å². The van der Waals surface area contributed by atoms with Crippen LogP contribution in [-0.4, -0.2) is 76.1 Å². The highest BCUT2D eigenvalue weighted by molar-refractivity contribution is 8.02. The summed E-state index contributed by atoms with van der Waals surface area (Å²) >= 11 is 1.55. The molecule has 1 N–H and O–H groups in total. The van der Waals surface area contributed by atoms with Crippen LogP contribution in [0.5, 0.6) is 5.75 Å². The van der Waals surface area contributed by atoms with Crippen LogP contribution in [0, 0.1) is 17.8 Å². The second-order valence-electron chi connectivity index (χ2n) is 12.0. The zero-order valence-corrected chi connectivity index (χ0v) is 25.2. The van der Waals surface area contributed by atoms with Crippen molar-refractivity contribution in [3.05, 3.63) is 78.9 Å². The molecule has 4 aliphatic rings. The highest BCUT2D eigenvalue weighted by Crippen LogP contribution is 2.66. The maximum Gasteiger partial charge on any atom is 0.251 e. The Bertz CT molecular complexity index is 1440. The molecule has 3 amide bonds. The third-order valence-corrected chi connectivity index (χ3v) is 11.1. The monoisotopic (exact) mass is 587 g/mol. The van der Waals surface area contributed by atoms with E-state index in [4.69, 9.17) is 4.74 Å². The highest BCUT2D eigenvalue weighted by atomic mass is 32.2. The first-order valence-electron chi connectivity index (χ1n) is 14.5. The molecule has 6 rings (SSSR count). The number of ether oxygens (including phenoxy) is 1. The number of hydrogen-bond donors (Lipinski definition) is 1. The maximum absolute atomic E-state index is 14.7. The van der Waals surface area contributed by atoms with E-state index in [0.29, 0.717) is 24.5 Å². The number of rotatable bonds is 6. The fraction of sp³-hybridized carbons (Fsp3) is 0.424. The summed E-state index contributed by atoms with van der Waals surface area (Å²) in [5.74, 6) is -1.49. The van der Waals surface area contributed by atoms with Crippen LogP contribution in [0.25, 0.3) is 0 Å². The number of thioether (sulfide) groups is 1. The number of anilines is 2. The van der Waals surface area contributed by atoms with Gasteiger partial charge in [0.2, 0.25) is 11.8 Å². The van der Waals surface area contributed by atoms with Crippen LogP contribution in [0.4, 0.5) is 11.4 Å². The molecule has 2 fully saturated rings. The van der Waals surface area contributed by atoms with Gasteiger partial charge in [-0.15, -0.1) is 11.8 Å². The van der Waals surface area contributed by atoms with E-state index in [9.17, 15) is 19.5 Å². The van der Waals surface area contributed by atoms with Crippen LogP contribution < -0.4 is 14.5 Å². The van der Waals surface area contributed by atoms with E-state index in [0.717, 1.165) is 5.69 Å². The first-order chi connectivity index (χ1) is 20.2. The van der Waals surface area contributed by atoms with E-state index in [1.54, 1.807) is 33.6 Å². The Labute approximate surface area is 251 Å². The third kappa shape index (κ3) is 4.20. The number of fused-ring (bicyclic) bond motifs is 2. The Morgan fingerprint density at radius 1 is 0.881 bits per heavy atom. The molecule has 42 heavy (non-hydrogen) atoms. The second-order valence-corrected chi connectivity index (χ2v) is 13.8. The molecule has 0 bridgehead atoms. The van der Waals surface area contributed by atoms with Gasteiger partial charge < -0.3 is 24.5 Å². The number of carbonyl (C=O) groups excluding carboxylic acids is 3. The number of likely N-dealkylation sites (tertiary alicyclic amines) is 1. The van der Waals surface area contributed by atoms with Crippen LogP contribution in [0.3, 0.4) is 0 Å². The number of carbonyl (C=O) groups is 3. The SMILES string of the molecule is COc1ccc(N2CC=C[C@]34S[C@]5(C)C=CCN(c6ccccc6)C(=O)[C@@H]5[C@H]3C(=O)N([C@@H](CO)C(C)C)C4C2=O)cc1. The summed E-state index contributed by atoms with van der Waals surface area (Å²) in [5.41, 5.74) is 1.47. The molecule has 4 heterocycles. The van der Waals surface area contributed by atoms with Gasteiger partial charge >= 0.3 is 0 Å². The second kappa shape index (κ2) is 10.6. The molecular formula is C33H37N3O5S. The molecule has 9 heteroatoms. The molecule has 1 unspecified atom stereocenters. The lowest BCUT2D eigenvalue weighted by Gasteiger charge is -2.41. The lowest BCUT2D eigenvalue weighted by atomic mass is 9.74. The molecule has 2 aromatic rings. The Hall–Kier alpha value is -3.56. The number of nitrogens with zero attached hydrogens (tertiary/aromatic N) is 3. The Morgan fingerprint density at radius 2 is 1.50 bits per heavy atom. The molecular weight excluding hydrogens is 550 g/mol. The zero-order chi connectivity index (χ0) is 29.8. The number of methoxy groups -OCH3 is 1. The van der Waals surface area contributed by atoms with Gasteiger partial charge in [-0.2, -0.15) is 0 Å². The summed E-state index contributed by atoms with van der Waals surface area (Å²) < 4.78 is 3.62. The number of amides is 3. The van der Waals surface area contributed by atoms with E-state index >= 15 is 0 Å². The van der Waals surface area contributed by atoms with E-state index < -0.39 is 33.4 Å². The van der Waals surface area contributed by atoms with Crippen molar-refractivity contribution in [2.24, 2.45) is 17.8 Å². The van der Waals surface area contributed by atoms with E-state index in [2.05, 4.69) is 6.08 Å². The minimum absolute atomic E-state index is 0.105. The van der Waals surface area contributed by atoms with Gasteiger partial charge in [0, 0.05) is 29.2 Å². The van der Waals surface area contributed by atoms with Gasteiger partial charge in [-0.3, -0.25) is 14.4 Å². The number of aliphatic hydroxyl groups excluding tert-OH is 1. The zero-order valence-electron chi connectivity index (χ0n) is 24.3. The molecule has 0 aliphatic carbocycles. The topological polar surface area (TPSA) is 90.4 Å². The number of benzene rings is 2. The molecule has 2 aromatic carbocycles. The smallest absolute Gasteiger partial charge is 0.251 e. The summed E-state index contributed by atoms with van der Waals surface area (Å²) in [7, 11) is 1.59. The Balaban J connectivity index is 1.49. The molecule has 8 nitrogen and oxygen atoms in total. The lowest BCUT2D eigenvalue weighted by Crippen LogP contribution is -2.58. The third-order valence-electron chi connectivity index (χ3n) is 9.26. The van der Waals surface area contributed by atoms with Crippen molar-refractivity contribution in [3.8, 4) is 5.75 Å². The van der Waals surface area contributed by atoms with Crippen LogP contribution in [-0.2, 0) is 14.4 Å². The summed E-state index contributed by atoms with van der Waals surface area (Å²) in [6.45, 7) is 6.36. The van der Waals surface area contributed by atoms with Crippen molar-refractivity contribution in [3.63, 3.8) is 0 Å². The van der Waals surface area contributed by atoms with Crippen molar-refractivity contribution >= 4 is 40.9 Å². The van der Waals surface area contributed by atoms with Crippen molar-refractivity contribution in [1.29, 1.82) is 0 Å². The minimum Gasteiger partial charge on any atom is -0.497 e. The summed E-state index contributed by atoms with van der Waals surface area (Å²) in [6, 6.07) is 15.3. The van der Waals surface area contributed by atoms with E-state index in [1.165, 1.54) is 0 Å². The van der Waals surface area contributed by atoms with Gasteiger partial charge in [0.05, 0.1) is 36.3 Å². The van der Waals surface area contributed by atoms with Gasteiger partial charge in [-0.25, -0.2) is 0 Å². The standard InChI is InChI=1S/C33H37N3O5S/c1-21(2)25(20-37)36-28-31(40)35(23-12-14-24(41-4)15-13-23)19-9-17-33(28)27(30(36)39)26-29(38)34(22-10-6-5-7-11-22)18-8-16-32(26,3)42-33/h5-17,21,25-28,37H,18-20H2,1-4H3/t25-,26-,27-,28?,32+,33-/m0/s1. The average molecular weight is 588 g/mol. The average Bonchev–Trinajstić information content (AvgIpc) is 3.25. The molecule has 0 aromatic heterocycles. The first-order valence-corrected chi connectivity index (χ1v) is 15.3. The summed E-state index contributed by atoms with van der Waals surface area (Å²) in [4.78, 5) is 49.0. The van der Waals surface area contributed by atoms with E-state index in [1.807, 2.05) is 93.6 Å². The van der Waals surface area contributed by atoms with Crippen molar-refractivity contribution in [1.82, 2.24) is 4.90 Å². The van der Waals surface area contributed by atoms with Crippen molar-refractivity contribution < 1.29 is 24.2 Å². The van der Waals surface area contributed by atoms with Crippen LogP contribution in [0.15, 0.2) is 78.9 Å². The quantitative estimate of drug-likeness (QED) is 0.516. The fourth-order valence-corrected chi connectivity index (χ4v) is 9.42. The summed E-state index contributed by atoms with van der Waals surface area (Å²) in [5, 5.41) is 10.6. The molecule has 220 valence electrons. The van der Waals surface area contributed by atoms with Gasteiger partial charge in [0.15, 0.2) is 0 Å². The normalized spacial score (nSPS) is 31.1. The lowest BCUT2D eigenvalue weighted by molar-refractivity contribution is -0.143. The van der Waals surface area contributed by atoms with Gasteiger partial charge in [0.25, 0.3) is 5.91 Å². The number of para-hydroxylation sites is 1. The predicted molar refractivity (Wildman–Crippen MR) is 164 cm³/mol. The molecule has 0 radical (unpaired) electrons. The molecule has 2 saturated heterocycles. The summed E-state index contributed by atoms with van der Waals surface area (Å²) in [6.07, 6.45) is 8.03. The van der Waals surface area contributed by atoms with Crippen LogP contribution in [0.1, 0.15) is 20.8 Å². The van der Waals surface area contributed by atoms with Gasteiger partial charge in [0.1, 0.15) is 11.8 Å². The minimum atomic E-state index is -0.989. The van der Waals surface area contributed by atoms with Gasteiger partial charge in [-0.1, -0.05) is 56.4 Å². The van der Waals surface area contributed by atoms with E-state index in [-0.39, 0.29) is 30.2 Å². The van der Waals surface area contributed by atoms with Crippen LogP contribution in [0.2, 0.25) is 0 Å². The van der Waals surface area contributed by atoms with Gasteiger partial charge in [-0.05, 0) is 49.2 Å². The number of hydrogen-bond acceptors (Lipinski definition) is 6. The molecule has 1 spiro atoms. The van der Waals surface area contributed by atoms with Crippen molar-refractivity contribution in [2.45, 2.75) is 42.3 Å². The molecule has 4 aliphatic heterocycles. The predicted octanol–water partition coefficient (Wildman–Crippen LogP) is 3.91. The molecule has 6 atom stereocenters. The highest BCUT2D eigenvalue weighted by Gasteiger charge is 2.74. The Kier molecular flexibility index (Phi) is 7.22. The molecule has 0 saturated carbocycles. The first kappa shape index (κ1) is 28.6. The largest absolute Gasteiger partial charge is 0.497 e. The van der Waals surface area contributed by atoms with Crippen molar-refractivity contribution in [2.75, 3.05) is 36.6 Å². The Morgan fingerprint density at radius 3 is 2.12 bits per heavy atom. The maximum atomic E-state index is 14.7. The fourth-order valence-electron chi connectivity index (χ4n) is 7.27. The number of aliphatic hydroxyl groups is 1.